The zero-order valence-corrected chi connectivity index (χ0v) is 12.9. The number of aromatic nitrogens is 4. The maximum Gasteiger partial charge on any atom is 0.241 e. The Labute approximate surface area is 123 Å². The summed E-state index contributed by atoms with van der Waals surface area (Å²) in [5, 5.41) is 9.76. The highest BCUT2D eigenvalue weighted by Crippen LogP contribution is 2.17. The molecule has 2 rings (SSSR count). The number of aryl methyl sites for hydroxylation is 3. The molecule has 1 amide bonds. The van der Waals surface area contributed by atoms with Gasteiger partial charge < -0.3 is 15.6 Å². The molecule has 0 aliphatic heterocycles. The van der Waals surface area contributed by atoms with Crippen LogP contribution < -0.4 is 11.1 Å². The quantitative estimate of drug-likeness (QED) is 0.752. The number of aromatic amines is 1. The van der Waals surface area contributed by atoms with Gasteiger partial charge in [-0.15, -0.1) is 0 Å². The van der Waals surface area contributed by atoms with E-state index in [0.29, 0.717) is 13.1 Å². The fourth-order valence-electron chi connectivity index (χ4n) is 2.33. The van der Waals surface area contributed by atoms with Crippen molar-refractivity contribution in [1.29, 1.82) is 0 Å². The van der Waals surface area contributed by atoms with E-state index in [2.05, 4.69) is 20.5 Å². The normalized spacial score (nSPS) is 12.4. The van der Waals surface area contributed by atoms with E-state index < -0.39 is 6.04 Å². The SMILES string of the molecule is Cc1n[nH]c(C)c1C(N)C(=O)NCCn1cnc(C)c1C. The molecule has 114 valence electrons. The zero-order valence-electron chi connectivity index (χ0n) is 12.9. The second-order valence-corrected chi connectivity index (χ2v) is 5.23. The number of rotatable bonds is 5. The lowest BCUT2D eigenvalue weighted by Crippen LogP contribution is -2.36. The molecule has 2 aromatic heterocycles. The summed E-state index contributed by atoms with van der Waals surface area (Å²) in [5.41, 5.74) is 10.5. The summed E-state index contributed by atoms with van der Waals surface area (Å²) < 4.78 is 2.01. The molecule has 1 atom stereocenters. The fourth-order valence-corrected chi connectivity index (χ4v) is 2.33. The molecule has 0 spiro atoms. The van der Waals surface area contributed by atoms with Gasteiger partial charge in [0.2, 0.25) is 5.91 Å². The minimum absolute atomic E-state index is 0.197. The third-order valence-electron chi connectivity index (χ3n) is 3.78. The Balaban J connectivity index is 1.92. The number of carbonyl (C=O) groups is 1. The van der Waals surface area contributed by atoms with Crippen LogP contribution in [0.2, 0.25) is 0 Å². The monoisotopic (exact) mass is 290 g/mol. The van der Waals surface area contributed by atoms with Crippen molar-refractivity contribution < 1.29 is 4.79 Å². The van der Waals surface area contributed by atoms with Gasteiger partial charge in [-0.05, 0) is 27.7 Å². The van der Waals surface area contributed by atoms with E-state index in [1.807, 2.05) is 32.3 Å². The van der Waals surface area contributed by atoms with Gasteiger partial charge in [-0.25, -0.2) is 4.98 Å². The predicted molar refractivity (Wildman–Crippen MR) is 79.7 cm³/mol. The van der Waals surface area contributed by atoms with Gasteiger partial charge in [0.15, 0.2) is 0 Å². The molecular weight excluding hydrogens is 268 g/mol. The van der Waals surface area contributed by atoms with Crippen LogP contribution in [0.1, 0.15) is 34.4 Å². The molecule has 0 radical (unpaired) electrons. The number of hydrogen-bond donors (Lipinski definition) is 3. The van der Waals surface area contributed by atoms with Crippen LogP contribution >= 0.6 is 0 Å². The molecule has 0 aliphatic rings. The highest BCUT2D eigenvalue weighted by atomic mass is 16.2. The molecule has 0 aromatic carbocycles. The number of amides is 1. The molecular formula is C14H22N6O. The first-order valence-corrected chi connectivity index (χ1v) is 6.95. The van der Waals surface area contributed by atoms with E-state index in [1.54, 1.807) is 6.33 Å². The van der Waals surface area contributed by atoms with E-state index in [4.69, 9.17) is 5.73 Å². The largest absolute Gasteiger partial charge is 0.353 e. The van der Waals surface area contributed by atoms with Gasteiger partial charge in [0.05, 0.1) is 17.7 Å². The highest BCUT2D eigenvalue weighted by Gasteiger charge is 2.21. The molecule has 0 saturated heterocycles. The standard InChI is InChI=1S/C14H22N6O/c1-8-11(4)20(7-17-8)6-5-16-14(21)13(15)12-9(2)18-19-10(12)3/h7,13H,5-6,15H2,1-4H3,(H,16,21)(H,18,19). The average Bonchev–Trinajstić information content (AvgIpc) is 2.94. The first-order chi connectivity index (χ1) is 9.91. The molecule has 21 heavy (non-hydrogen) atoms. The Morgan fingerprint density at radius 3 is 2.62 bits per heavy atom. The molecule has 2 aromatic rings. The topological polar surface area (TPSA) is 102 Å². The number of imidazole rings is 1. The fraction of sp³-hybridized carbons (Fsp3) is 0.500. The molecule has 7 nitrogen and oxygen atoms in total. The van der Waals surface area contributed by atoms with Crippen molar-refractivity contribution in [2.24, 2.45) is 5.73 Å². The number of hydrogen-bond acceptors (Lipinski definition) is 4. The number of carbonyl (C=O) groups excluding carboxylic acids is 1. The van der Waals surface area contributed by atoms with Crippen LogP contribution in [0.4, 0.5) is 0 Å². The minimum Gasteiger partial charge on any atom is -0.353 e. The van der Waals surface area contributed by atoms with Crippen molar-refractivity contribution in [2.45, 2.75) is 40.3 Å². The van der Waals surface area contributed by atoms with Gasteiger partial charge >= 0.3 is 0 Å². The van der Waals surface area contributed by atoms with Gasteiger partial charge in [-0.2, -0.15) is 5.10 Å². The first-order valence-electron chi connectivity index (χ1n) is 6.95. The Hall–Kier alpha value is -2.15. The van der Waals surface area contributed by atoms with Gasteiger partial charge in [0.25, 0.3) is 0 Å². The summed E-state index contributed by atoms with van der Waals surface area (Å²) >= 11 is 0. The van der Waals surface area contributed by atoms with Gasteiger partial charge in [-0.3, -0.25) is 9.89 Å². The minimum atomic E-state index is -0.700. The molecule has 0 fully saturated rings. The third-order valence-corrected chi connectivity index (χ3v) is 3.78. The predicted octanol–water partition coefficient (Wildman–Crippen LogP) is 0.656. The average molecular weight is 290 g/mol. The van der Waals surface area contributed by atoms with Crippen molar-refractivity contribution in [3.63, 3.8) is 0 Å². The summed E-state index contributed by atoms with van der Waals surface area (Å²) in [6, 6.07) is -0.700. The second kappa shape index (κ2) is 6.09. The summed E-state index contributed by atoms with van der Waals surface area (Å²) in [4.78, 5) is 16.3. The maximum atomic E-state index is 12.1. The molecule has 2 heterocycles. The van der Waals surface area contributed by atoms with Gasteiger partial charge in [-0.1, -0.05) is 0 Å². The maximum absolute atomic E-state index is 12.1. The lowest BCUT2D eigenvalue weighted by Gasteiger charge is -2.13. The number of nitrogens with two attached hydrogens (primary N) is 1. The Bertz CT molecular complexity index is 622. The van der Waals surface area contributed by atoms with Crippen molar-refractivity contribution in [1.82, 2.24) is 25.1 Å². The van der Waals surface area contributed by atoms with Gasteiger partial charge in [0.1, 0.15) is 6.04 Å². The molecule has 0 saturated carbocycles. The van der Waals surface area contributed by atoms with Crippen LogP contribution in [0.25, 0.3) is 0 Å². The van der Waals surface area contributed by atoms with E-state index in [1.165, 1.54) is 0 Å². The van der Waals surface area contributed by atoms with Crippen LogP contribution in [-0.4, -0.2) is 32.2 Å². The molecule has 0 bridgehead atoms. The Morgan fingerprint density at radius 1 is 1.38 bits per heavy atom. The van der Waals surface area contributed by atoms with Crippen LogP contribution in [0, 0.1) is 27.7 Å². The molecule has 4 N–H and O–H groups in total. The van der Waals surface area contributed by atoms with Crippen molar-refractivity contribution in [3.05, 3.63) is 34.7 Å². The Morgan fingerprint density at radius 2 is 2.10 bits per heavy atom. The van der Waals surface area contributed by atoms with E-state index in [-0.39, 0.29) is 5.91 Å². The number of nitrogens with one attached hydrogen (secondary N) is 2. The summed E-state index contributed by atoms with van der Waals surface area (Å²) in [6.45, 7) is 8.86. The Kier molecular flexibility index (Phi) is 4.42. The smallest absolute Gasteiger partial charge is 0.241 e. The summed E-state index contributed by atoms with van der Waals surface area (Å²) in [6.07, 6.45) is 1.78. The van der Waals surface area contributed by atoms with Crippen LogP contribution in [0.15, 0.2) is 6.33 Å². The van der Waals surface area contributed by atoms with Crippen LogP contribution in [0.5, 0.6) is 0 Å². The first kappa shape index (κ1) is 15.2. The van der Waals surface area contributed by atoms with E-state index >= 15 is 0 Å². The highest BCUT2D eigenvalue weighted by molar-refractivity contribution is 5.83. The lowest BCUT2D eigenvalue weighted by molar-refractivity contribution is -0.122. The van der Waals surface area contributed by atoms with E-state index in [9.17, 15) is 4.79 Å². The van der Waals surface area contributed by atoms with Crippen LogP contribution in [0.3, 0.4) is 0 Å². The third kappa shape index (κ3) is 3.13. The summed E-state index contributed by atoms with van der Waals surface area (Å²) in [5.74, 6) is -0.197. The zero-order chi connectivity index (χ0) is 15.6. The molecule has 1 unspecified atom stereocenters. The summed E-state index contributed by atoms with van der Waals surface area (Å²) in [7, 11) is 0. The van der Waals surface area contributed by atoms with Crippen LogP contribution in [-0.2, 0) is 11.3 Å². The van der Waals surface area contributed by atoms with Crippen molar-refractivity contribution in [2.75, 3.05) is 6.54 Å². The number of H-pyrrole nitrogens is 1. The number of nitrogens with zero attached hydrogens (tertiary/aromatic N) is 3. The molecule has 7 heteroatoms. The molecule has 0 aliphatic carbocycles. The van der Waals surface area contributed by atoms with Crippen molar-refractivity contribution >= 4 is 5.91 Å². The van der Waals surface area contributed by atoms with Crippen molar-refractivity contribution in [3.8, 4) is 0 Å². The van der Waals surface area contributed by atoms with Gasteiger partial charge in [0, 0.05) is 30.0 Å². The second-order valence-electron chi connectivity index (χ2n) is 5.23. The lowest BCUT2D eigenvalue weighted by atomic mass is 10.1. The van der Waals surface area contributed by atoms with E-state index in [0.717, 1.165) is 28.3 Å².